The highest BCUT2D eigenvalue weighted by Gasteiger charge is 2.10. The molecule has 0 amide bonds. The summed E-state index contributed by atoms with van der Waals surface area (Å²) < 4.78 is 0.907. The predicted octanol–water partition coefficient (Wildman–Crippen LogP) is 4.84. The highest BCUT2D eigenvalue weighted by atomic mass is 79.9. The number of nitrogens with zero attached hydrogens (tertiary/aromatic N) is 1. The highest BCUT2D eigenvalue weighted by molar-refractivity contribution is 9.10. The number of hydrogen-bond acceptors (Lipinski definition) is 4. The van der Waals surface area contributed by atoms with Crippen LogP contribution in [0.25, 0.3) is 0 Å². The number of halogens is 1. The Kier molecular flexibility index (Phi) is 4.80. The highest BCUT2D eigenvalue weighted by Crippen LogP contribution is 2.30. The Labute approximate surface area is 131 Å². The fourth-order valence-electron chi connectivity index (χ4n) is 1.99. The minimum Gasteiger partial charge on any atom is -0.385 e. The zero-order chi connectivity index (χ0) is 15.4. The lowest BCUT2D eigenvalue weighted by atomic mass is 10.2. The second-order valence-corrected chi connectivity index (χ2v) is 5.52. The number of aryl methyl sites for hydroxylation is 1. The first-order chi connectivity index (χ1) is 9.99. The summed E-state index contributed by atoms with van der Waals surface area (Å²) in [5.41, 5.74) is 3.43. The molecular formula is C15H16BrN3O2. The van der Waals surface area contributed by atoms with Gasteiger partial charge in [0.05, 0.1) is 10.6 Å². The van der Waals surface area contributed by atoms with Gasteiger partial charge < -0.3 is 10.6 Å². The quantitative estimate of drug-likeness (QED) is 0.598. The molecule has 0 saturated heterocycles. The van der Waals surface area contributed by atoms with E-state index in [-0.39, 0.29) is 5.69 Å². The van der Waals surface area contributed by atoms with E-state index in [2.05, 4.69) is 26.6 Å². The first-order valence-corrected chi connectivity index (χ1v) is 7.35. The molecule has 0 saturated carbocycles. The van der Waals surface area contributed by atoms with Crippen LogP contribution in [0.1, 0.15) is 12.5 Å². The van der Waals surface area contributed by atoms with Crippen molar-refractivity contribution < 1.29 is 4.92 Å². The van der Waals surface area contributed by atoms with Gasteiger partial charge in [-0.1, -0.05) is 6.07 Å². The molecule has 0 aliphatic carbocycles. The first kappa shape index (κ1) is 15.3. The summed E-state index contributed by atoms with van der Waals surface area (Å²) in [7, 11) is 0. The molecular weight excluding hydrogens is 334 g/mol. The maximum atomic E-state index is 11.0. The minimum atomic E-state index is -0.392. The van der Waals surface area contributed by atoms with Crippen LogP contribution in [0.15, 0.2) is 40.9 Å². The van der Waals surface area contributed by atoms with Gasteiger partial charge in [0.2, 0.25) is 0 Å². The molecule has 0 aliphatic heterocycles. The van der Waals surface area contributed by atoms with Gasteiger partial charge in [-0.15, -0.1) is 0 Å². The molecule has 21 heavy (non-hydrogen) atoms. The van der Waals surface area contributed by atoms with Crippen molar-refractivity contribution in [3.05, 3.63) is 56.5 Å². The van der Waals surface area contributed by atoms with E-state index in [0.29, 0.717) is 12.2 Å². The average Bonchev–Trinajstić information content (AvgIpc) is 2.43. The van der Waals surface area contributed by atoms with Crippen LogP contribution in [0.4, 0.5) is 22.7 Å². The van der Waals surface area contributed by atoms with Crippen molar-refractivity contribution in [2.75, 3.05) is 17.2 Å². The summed E-state index contributed by atoms with van der Waals surface area (Å²) in [5.74, 6) is 0. The fourth-order valence-corrected chi connectivity index (χ4v) is 2.33. The van der Waals surface area contributed by atoms with Crippen LogP contribution in [0.2, 0.25) is 0 Å². The molecule has 0 aromatic heterocycles. The smallest absolute Gasteiger partial charge is 0.273 e. The van der Waals surface area contributed by atoms with Crippen molar-refractivity contribution in [3.8, 4) is 0 Å². The Morgan fingerprint density at radius 2 is 1.90 bits per heavy atom. The SMILES string of the molecule is CCNc1cc(Nc2cc(C)ccc2Br)cc([N+](=O)[O-])c1. The van der Waals surface area contributed by atoms with Crippen LogP contribution < -0.4 is 10.6 Å². The number of hydrogen-bond donors (Lipinski definition) is 2. The Hall–Kier alpha value is -2.08. The van der Waals surface area contributed by atoms with Gasteiger partial charge in [-0.3, -0.25) is 10.1 Å². The van der Waals surface area contributed by atoms with E-state index >= 15 is 0 Å². The zero-order valence-corrected chi connectivity index (χ0v) is 13.4. The largest absolute Gasteiger partial charge is 0.385 e. The van der Waals surface area contributed by atoms with E-state index in [9.17, 15) is 10.1 Å². The molecule has 0 bridgehead atoms. The van der Waals surface area contributed by atoms with Crippen LogP contribution in [0.5, 0.6) is 0 Å². The van der Waals surface area contributed by atoms with Gasteiger partial charge in [0, 0.05) is 34.5 Å². The maximum absolute atomic E-state index is 11.0. The zero-order valence-electron chi connectivity index (χ0n) is 11.8. The average molecular weight is 350 g/mol. The van der Waals surface area contributed by atoms with Gasteiger partial charge in [0.1, 0.15) is 0 Å². The van der Waals surface area contributed by atoms with Gasteiger partial charge in [0.15, 0.2) is 0 Å². The van der Waals surface area contributed by atoms with Crippen molar-refractivity contribution in [3.63, 3.8) is 0 Å². The molecule has 5 nitrogen and oxygen atoms in total. The Morgan fingerprint density at radius 1 is 1.19 bits per heavy atom. The Morgan fingerprint density at radius 3 is 2.57 bits per heavy atom. The predicted molar refractivity (Wildman–Crippen MR) is 89.4 cm³/mol. The Bertz CT molecular complexity index is 674. The maximum Gasteiger partial charge on any atom is 0.273 e. The van der Waals surface area contributed by atoms with Crippen LogP contribution in [0, 0.1) is 17.0 Å². The summed E-state index contributed by atoms with van der Waals surface area (Å²) in [6.45, 7) is 4.65. The van der Waals surface area contributed by atoms with E-state index < -0.39 is 4.92 Å². The van der Waals surface area contributed by atoms with E-state index in [1.165, 1.54) is 12.1 Å². The molecule has 2 rings (SSSR count). The number of anilines is 3. The summed E-state index contributed by atoms with van der Waals surface area (Å²) in [5, 5.41) is 17.3. The summed E-state index contributed by atoms with van der Waals surface area (Å²) in [6.07, 6.45) is 0. The van der Waals surface area contributed by atoms with Gasteiger partial charge in [-0.05, 0) is 53.5 Å². The summed E-state index contributed by atoms with van der Waals surface area (Å²) in [4.78, 5) is 10.6. The second-order valence-electron chi connectivity index (χ2n) is 4.66. The van der Waals surface area contributed by atoms with Crippen molar-refractivity contribution >= 4 is 38.7 Å². The first-order valence-electron chi connectivity index (χ1n) is 6.56. The monoisotopic (exact) mass is 349 g/mol. The molecule has 2 aromatic carbocycles. The lowest BCUT2D eigenvalue weighted by Gasteiger charge is -2.11. The molecule has 2 N–H and O–H groups in total. The van der Waals surface area contributed by atoms with E-state index in [0.717, 1.165) is 21.4 Å². The van der Waals surface area contributed by atoms with Gasteiger partial charge >= 0.3 is 0 Å². The van der Waals surface area contributed by atoms with Crippen molar-refractivity contribution in [2.45, 2.75) is 13.8 Å². The molecule has 0 unspecified atom stereocenters. The lowest BCUT2D eigenvalue weighted by molar-refractivity contribution is -0.384. The number of nitro benzene ring substituents is 1. The summed E-state index contributed by atoms with van der Waals surface area (Å²) >= 11 is 3.47. The van der Waals surface area contributed by atoms with Gasteiger partial charge in [-0.25, -0.2) is 0 Å². The summed E-state index contributed by atoms with van der Waals surface area (Å²) in [6, 6.07) is 10.8. The van der Waals surface area contributed by atoms with E-state index in [1.54, 1.807) is 0 Å². The van der Waals surface area contributed by atoms with Gasteiger partial charge in [0.25, 0.3) is 5.69 Å². The van der Waals surface area contributed by atoms with Gasteiger partial charge in [-0.2, -0.15) is 0 Å². The number of rotatable bonds is 5. The topological polar surface area (TPSA) is 67.2 Å². The molecule has 0 fully saturated rings. The number of nitro groups is 1. The van der Waals surface area contributed by atoms with E-state index in [1.807, 2.05) is 38.1 Å². The molecule has 0 heterocycles. The van der Waals surface area contributed by atoms with Crippen molar-refractivity contribution in [2.24, 2.45) is 0 Å². The molecule has 0 atom stereocenters. The Balaban J connectivity index is 2.38. The third-order valence-corrected chi connectivity index (χ3v) is 3.60. The fraction of sp³-hybridized carbons (Fsp3) is 0.200. The number of benzene rings is 2. The molecule has 6 heteroatoms. The van der Waals surface area contributed by atoms with Crippen LogP contribution in [-0.2, 0) is 0 Å². The van der Waals surface area contributed by atoms with Crippen molar-refractivity contribution in [1.29, 1.82) is 0 Å². The van der Waals surface area contributed by atoms with Crippen molar-refractivity contribution in [1.82, 2.24) is 0 Å². The molecule has 0 aliphatic rings. The third kappa shape index (κ3) is 3.95. The molecule has 2 aromatic rings. The van der Waals surface area contributed by atoms with E-state index in [4.69, 9.17) is 0 Å². The third-order valence-electron chi connectivity index (χ3n) is 2.91. The van der Waals surface area contributed by atoms with Crippen LogP contribution in [-0.4, -0.2) is 11.5 Å². The molecule has 0 spiro atoms. The number of non-ortho nitro benzene ring substituents is 1. The molecule has 110 valence electrons. The lowest BCUT2D eigenvalue weighted by Crippen LogP contribution is -2.00. The molecule has 0 radical (unpaired) electrons. The standard InChI is InChI=1S/C15H16BrN3O2/c1-3-17-11-7-12(9-13(8-11)19(20)21)18-15-6-10(2)4-5-14(15)16/h4-9,17-18H,3H2,1-2H3. The van der Waals surface area contributed by atoms with Crippen LogP contribution in [0.3, 0.4) is 0 Å². The number of nitrogens with one attached hydrogen (secondary N) is 2. The minimum absolute atomic E-state index is 0.0553. The van der Waals surface area contributed by atoms with Crippen LogP contribution >= 0.6 is 15.9 Å². The normalized spacial score (nSPS) is 10.2. The second kappa shape index (κ2) is 6.58.